The van der Waals surface area contributed by atoms with Crippen molar-refractivity contribution in [2.75, 3.05) is 29.9 Å². The number of benzene rings is 2. The summed E-state index contributed by atoms with van der Waals surface area (Å²) < 4.78 is 16.0. The number of nitrogen functional groups attached to an aromatic ring is 1. The van der Waals surface area contributed by atoms with Crippen LogP contribution >= 0.6 is 27.9 Å². The highest BCUT2D eigenvalue weighted by Crippen LogP contribution is 2.34. The molecule has 0 atom stereocenters. The molecule has 1 amide bonds. The van der Waals surface area contributed by atoms with E-state index in [0.29, 0.717) is 16.9 Å². The molecule has 26 heavy (non-hydrogen) atoms. The molecule has 5 nitrogen and oxygen atoms in total. The number of halogens is 2. The van der Waals surface area contributed by atoms with Gasteiger partial charge in [-0.05, 0) is 59.3 Å². The van der Waals surface area contributed by atoms with Gasteiger partial charge in [-0.3, -0.25) is 4.79 Å². The van der Waals surface area contributed by atoms with Crippen LogP contribution in [0, 0.1) is 5.82 Å². The van der Waals surface area contributed by atoms with E-state index in [1.54, 1.807) is 18.0 Å². The Bertz CT molecular complexity index is 823. The molecule has 0 aliphatic rings. The first-order chi connectivity index (χ1) is 12.4. The highest BCUT2D eigenvalue weighted by Gasteiger charge is 2.19. The van der Waals surface area contributed by atoms with Crippen LogP contribution in [0.25, 0.3) is 0 Å². The Morgan fingerprint density at radius 3 is 2.54 bits per heavy atom. The lowest BCUT2D eigenvalue weighted by atomic mass is 10.1. The third-order valence-electron chi connectivity index (χ3n) is 3.66. The summed E-state index contributed by atoms with van der Waals surface area (Å²) >= 11 is 5.13. The van der Waals surface area contributed by atoms with Gasteiger partial charge in [-0.2, -0.15) is 0 Å². The van der Waals surface area contributed by atoms with Gasteiger partial charge in [0.1, 0.15) is 11.5 Å². The molecule has 0 saturated carbocycles. The molecule has 8 heteroatoms. The van der Waals surface area contributed by atoms with Crippen molar-refractivity contribution in [1.29, 1.82) is 0 Å². The van der Waals surface area contributed by atoms with Crippen LogP contribution in [0.1, 0.15) is 12.5 Å². The summed E-state index contributed by atoms with van der Waals surface area (Å²) in [6, 6.07) is 9.18. The van der Waals surface area contributed by atoms with Crippen molar-refractivity contribution >= 4 is 56.6 Å². The first-order valence-corrected chi connectivity index (χ1v) is 9.86. The molecule has 0 heterocycles. The zero-order valence-electron chi connectivity index (χ0n) is 14.7. The number of likely N-dealkylation sites (N-methyl/N-ethyl adjacent to an activating group) is 1. The maximum absolute atomic E-state index is 13.1. The summed E-state index contributed by atoms with van der Waals surface area (Å²) in [5.41, 5.74) is 8.70. The van der Waals surface area contributed by atoms with E-state index in [9.17, 15) is 9.18 Å². The van der Waals surface area contributed by atoms with E-state index in [0.717, 1.165) is 16.7 Å². The van der Waals surface area contributed by atoms with Crippen LogP contribution in [-0.2, 0) is 4.79 Å². The largest absolute Gasteiger partial charge is 0.398 e. The quantitative estimate of drug-likeness (QED) is 0.403. The summed E-state index contributed by atoms with van der Waals surface area (Å²) in [6.45, 7) is 2.84. The number of nitrogens with zero attached hydrogens (tertiary/aromatic N) is 2. The fourth-order valence-corrected chi connectivity index (χ4v) is 3.65. The Morgan fingerprint density at radius 2 is 2.00 bits per heavy atom. The minimum Gasteiger partial charge on any atom is -0.398 e. The SMILES string of the molecule is CCN(SC)c1cc(N)c(C(=Nc2ccc(F)cc2)C(=O)NC)cc1Br. The number of nitrogens with two attached hydrogens (primary N) is 1. The number of hydrogen-bond acceptors (Lipinski definition) is 5. The maximum Gasteiger partial charge on any atom is 0.270 e. The zero-order valence-corrected chi connectivity index (χ0v) is 17.1. The third kappa shape index (κ3) is 4.56. The van der Waals surface area contributed by atoms with E-state index in [2.05, 4.69) is 30.5 Å². The molecule has 138 valence electrons. The highest BCUT2D eigenvalue weighted by atomic mass is 79.9. The van der Waals surface area contributed by atoms with Crippen molar-refractivity contribution in [3.8, 4) is 0 Å². The lowest BCUT2D eigenvalue weighted by Gasteiger charge is -2.22. The second kappa shape index (κ2) is 9.05. The summed E-state index contributed by atoms with van der Waals surface area (Å²) in [5, 5.41) is 2.57. The molecule has 0 unspecified atom stereocenters. The molecule has 0 fully saturated rings. The Hall–Kier alpha value is -2.06. The van der Waals surface area contributed by atoms with Crippen LogP contribution < -0.4 is 15.4 Å². The first kappa shape index (κ1) is 20.3. The third-order valence-corrected chi connectivity index (χ3v) is 5.19. The van der Waals surface area contributed by atoms with Crippen LogP contribution in [0.15, 0.2) is 45.9 Å². The Balaban J connectivity index is 2.57. The van der Waals surface area contributed by atoms with Crippen LogP contribution in [0.4, 0.5) is 21.5 Å². The lowest BCUT2D eigenvalue weighted by Crippen LogP contribution is -2.29. The van der Waals surface area contributed by atoms with Crippen molar-refractivity contribution in [1.82, 2.24) is 5.32 Å². The van der Waals surface area contributed by atoms with Gasteiger partial charge in [0.15, 0.2) is 0 Å². The van der Waals surface area contributed by atoms with E-state index in [1.165, 1.54) is 31.3 Å². The maximum atomic E-state index is 13.1. The van der Waals surface area contributed by atoms with Gasteiger partial charge in [-0.15, -0.1) is 0 Å². The number of carbonyl (C=O) groups excluding carboxylic acids is 1. The predicted molar refractivity (Wildman–Crippen MR) is 112 cm³/mol. The normalized spacial score (nSPS) is 11.3. The number of rotatable bonds is 6. The summed E-state index contributed by atoms with van der Waals surface area (Å²) in [5.74, 6) is -0.744. The average Bonchev–Trinajstić information content (AvgIpc) is 2.64. The van der Waals surface area contributed by atoms with Crippen molar-refractivity contribution < 1.29 is 9.18 Å². The minimum absolute atomic E-state index is 0.163. The van der Waals surface area contributed by atoms with Crippen molar-refractivity contribution in [3.05, 3.63) is 52.3 Å². The number of hydrogen-bond donors (Lipinski definition) is 2. The van der Waals surface area contributed by atoms with Crippen molar-refractivity contribution in [2.24, 2.45) is 4.99 Å². The van der Waals surface area contributed by atoms with E-state index < -0.39 is 0 Å². The van der Waals surface area contributed by atoms with Crippen LogP contribution in [-0.4, -0.2) is 31.5 Å². The van der Waals surface area contributed by atoms with E-state index >= 15 is 0 Å². The molecular weight excluding hydrogens is 419 g/mol. The van der Waals surface area contributed by atoms with Gasteiger partial charge in [-0.1, -0.05) is 11.9 Å². The average molecular weight is 439 g/mol. The summed E-state index contributed by atoms with van der Waals surface area (Å²) in [4.78, 5) is 16.8. The number of carbonyl (C=O) groups is 1. The second-order valence-corrected chi connectivity index (χ2v) is 6.94. The summed E-state index contributed by atoms with van der Waals surface area (Å²) in [7, 11) is 1.52. The molecule has 0 spiro atoms. The molecule has 2 rings (SSSR count). The van der Waals surface area contributed by atoms with Gasteiger partial charge in [0.2, 0.25) is 0 Å². The standard InChI is InChI=1S/C18H20BrFN4OS/c1-4-24(26-3)16-10-15(21)13(9-14(16)19)17(18(25)22-2)23-12-7-5-11(20)6-8-12/h5-10H,4,21H2,1-3H3,(H,22,25). The minimum atomic E-state index is -0.377. The fraction of sp³-hybridized carbons (Fsp3) is 0.222. The van der Waals surface area contributed by atoms with Gasteiger partial charge < -0.3 is 15.4 Å². The topological polar surface area (TPSA) is 70.7 Å². The molecule has 0 bridgehead atoms. The van der Waals surface area contributed by atoms with Gasteiger partial charge in [0.25, 0.3) is 5.91 Å². The molecule has 0 aliphatic carbocycles. The van der Waals surface area contributed by atoms with Crippen LogP contribution in [0.5, 0.6) is 0 Å². The number of aliphatic imine (C=N–C) groups is 1. The monoisotopic (exact) mass is 438 g/mol. The van der Waals surface area contributed by atoms with Crippen molar-refractivity contribution in [2.45, 2.75) is 6.92 Å². The second-order valence-electron chi connectivity index (χ2n) is 5.28. The fourth-order valence-electron chi connectivity index (χ4n) is 2.37. The Morgan fingerprint density at radius 1 is 1.35 bits per heavy atom. The zero-order chi connectivity index (χ0) is 19.3. The van der Waals surface area contributed by atoms with E-state index in [4.69, 9.17) is 5.73 Å². The molecular formula is C18H20BrFN4OS. The van der Waals surface area contributed by atoms with Gasteiger partial charge in [0.05, 0.1) is 11.4 Å². The Kier molecular flexibility index (Phi) is 7.05. The molecule has 0 saturated heterocycles. The smallest absolute Gasteiger partial charge is 0.270 e. The summed E-state index contributed by atoms with van der Waals surface area (Å²) in [6.07, 6.45) is 1.98. The van der Waals surface area contributed by atoms with Gasteiger partial charge >= 0.3 is 0 Å². The van der Waals surface area contributed by atoms with Crippen LogP contribution in [0.2, 0.25) is 0 Å². The Labute approximate surface area is 165 Å². The molecule has 2 aromatic carbocycles. The highest BCUT2D eigenvalue weighted by molar-refractivity contribution is 9.10. The number of nitrogens with one attached hydrogen (secondary N) is 1. The van der Waals surface area contributed by atoms with Gasteiger partial charge in [0, 0.05) is 35.6 Å². The molecule has 0 aromatic heterocycles. The lowest BCUT2D eigenvalue weighted by molar-refractivity contribution is -0.114. The number of amides is 1. The molecule has 0 radical (unpaired) electrons. The molecule has 0 aliphatic heterocycles. The van der Waals surface area contributed by atoms with E-state index in [1.807, 2.05) is 19.2 Å². The van der Waals surface area contributed by atoms with E-state index in [-0.39, 0.29) is 17.4 Å². The first-order valence-electron chi connectivity index (χ1n) is 7.88. The molecule has 3 N–H and O–H groups in total. The molecule has 2 aromatic rings. The van der Waals surface area contributed by atoms with Crippen LogP contribution in [0.3, 0.4) is 0 Å². The van der Waals surface area contributed by atoms with Crippen molar-refractivity contribution in [3.63, 3.8) is 0 Å². The predicted octanol–water partition coefficient (Wildman–Crippen LogP) is 4.14. The number of anilines is 2. The van der Waals surface area contributed by atoms with Gasteiger partial charge in [-0.25, -0.2) is 9.38 Å².